The van der Waals surface area contributed by atoms with Gasteiger partial charge in [0.15, 0.2) is 5.79 Å². The van der Waals surface area contributed by atoms with Crippen LogP contribution < -0.4 is 0 Å². The summed E-state index contributed by atoms with van der Waals surface area (Å²) in [4.78, 5) is 3.78. The van der Waals surface area contributed by atoms with Gasteiger partial charge in [-0.05, 0) is 43.1 Å². The van der Waals surface area contributed by atoms with Crippen LogP contribution in [0.3, 0.4) is 0 Å². The molecule has 0 aromatic heterocycles. The molecule has 1 aliphatic carbocycles. The van der Waals surface area contributed by atoms with Crippen LogP contribution in [-0.4, -0.2) is 47.6 Å². The Labute approximate surface area is 198 Å². The van der Waals surface area contributed by atoms with Gasteiger partial charge in [-0.2, -0.15) is 0 Å². The van der Waals surface area contributed by atoms with Crippen LogP contribution in [0.4, 0.5) is 0 Å². The molecular formula is C27H37NO3S. The molecule has 5 heteroatoms. The second kappa shape index (κ2) is 8.83. The lowest BCUT2D eigenvalue weighted by molar-refractivity contribution is -0.208. The highest BCUT2D eigenvalue weighted by Gasteiger charge is 2.69. The number of nitrogens with zero attached hydrogens (tertiary/aromatic N) is 1. The largest absolute Gasteiger partial charge is 0.377 e. The summed E-state index contributed by atoms with van der Waals surface area (Å²) in [5, 5.41) is 0. The smallest absolute Gasteiger partial charge is 0.172 e. The highest BCUT2D eigenvalue weighted by Crippen LogP contribution is 2.65. The molecule has 3 aliphatic heterocycles. The van der Waals surface area contributed by atoms with E-state index in [1.807, 2.05) is 6.07 Å². The van der Waals surface area contributed by atoms with E-state index in [-0.39, 0.29) is 16.7 Å². The Kier molecular flexibility index (Phi) is 6.21. The molecule has 4 aliphatic rings. The fourth-order valence-electron chi connectivity index (χ4n) is 7.39. The topological polar surface area (TPSA) is 30.9 Å². The third kappa shape index (κ3) is 3.48. The summed E-state index contributed by atoms with van der Waals surface area (Å²) in [6.07, 6.45) is 9.78. The van der Waals surface area contributed by atoms with Crippen molar-refractivity contribution in [2.45, 2.75) is 69.8 Å². The van der Waals surface area contributed by atoms with Gasteiger partial charge in [0.1, 0.15) is 0 Å². The molecule has 0 N–H and O–H groups in total. The average Bonchev–Trinajstić information content (AvgIpc) is 3.48. The standard InChI is InChI=1S/C27H37NO3S/c1-3-21(2)27(13-8-16-29-19-22-9-5-4-6-10-22)23-11-7-12-25(23)20-26(30-17-18-31-26)14-15-28(25)24(27)32/h3-6,9-10,21,23H,1,7-8,11-20H2,2H3/t21-,23+,25+,27-/m0/s1. The molecule has 4 fully saturated rings. The summed E-state index contributed by atoms with van der Waals surface area (Å²) >= 11 is 6.32. The average molecular weight is 456 g/mol. The van der Waals surface area contributed by atoms with Crippen molar-refractivity contribution in [3.63, 3.8) is 0 Å². The molecular weight excluding hydrogens is 418 g/mol. The molecule has 0 amide bonds. The van der Waals surface area contributed by atoms with Crippen LogP contribution in [0.15, 0.2) is 43.0 Å². The van der Waals surface area contributed by atoms with Crippen LogP contribution >= 0.6 is 12.2 Å². The van der Waals surface area contributed by atoms with Crippen molar-refractivity contribution >= 4 is 17.2 Å². The van der Waals surface area contributed by atoms with Crippen molar-refractivity contribution in [2.24, 2.45) is 17.3 Å². The van der Waals surface area contributed by atoms with E-state index < -0.39 is 0 Å². The van der Waals surface area contributed by atoms with Crippen molar-refractivity contribution < 1.29 is 14.2 Å². The minimum Gasteiger partial charge on any atom is -0.377 e. The Hall–Kier alpha value is -1.27. The Bertz CT molecular complexity index is 839. The molecule has 4 atom stereocenters. The minimum atomic E-state index is -0.388. The highest BCUT2D eigenvalue weighted by molar-refractivity contribution is 7.80. The van der Waals surface area contributed by atoms with Gasteiger partial charge in [0.25, 0.3) is 0 Å². The summed E-state index contributed by atoms with van der Waals surface area (Å²) in [7, 11) is 0. The molecule has 1 aromatic rings. The molecule has 32 heavy (non-hydrogen) atoms. The second-order valence-electron chi connectivity index (χ2n) is 10.2. The number of allylic oxidation sites excluding steroid dienone is 1. The van der Waals surface area contributed by atoms with E-state index in [0.717, 1.165) is 52.0 Å². The zero-order valence-electron chi connectivity index (χ0n) is 19.4. The Balaban J connectivity index is 1.34. The van der Waals surface area contributed by atoms with E-state index in [4.69, 9.17) is 26.4 Å². The van der Waals surface area contributed by atoms with E-state index in [0.29, 0.717) is 18.4 Å². The maximum absolute atomic E-state index is 6.32. The first-order chi connectivity index (χ1) is 15.6. The zero-order valence-corrected chi connectivity index (χ0v) is 20.2. The monoisotopic (exact) mass is 455 g/mol. The molecule has 1 saturated carbocycles. The van der Waals surface area contributed by atoms with Crippen LogP contribution in [0.2, 0.25) is 0 Å². The van der Waals surface area contributed by atoms with Crippen molar-refractivity contribution in [3.8, 4) is 0 Å². The molecule has 3 heterocycles. The number of hydrogen-bond donors (Lipinski definition) is 0. The van der Waals surface area contributed by atoms with Gasteiger partial charge < -0.3 is 19.1 Å². The summed E-state index contributed by atoms with van der Waals surface area (Å²) in [5.74, 6) is 0.492. The highest BCUT2D eigenvalue weighted by atomic mass is 32.1. The Morgan fingerprint density at radius 2 is 2.03 bits per heavy atom. The van der Waals surface area contributed by atoms with Gasteiger partial charge in [-0.15, -0.1) is 6.58 Å². The van der Waals surface area contributed by atoms with Gasteiger partial charge in [0.2, 0.25) is 0 Å². The predicted octanol–water partition coefficient (Wildman–Crippen LogP) is 5.51. The molecule has 5 rings (SSSR count). The summed E-state index contributed by atoms with van der Waals surface area (Å²) in [5.41, 5.74) is 1.29. The Morgan fingerprint density at radius 1 is 1.25 bits per heavy atom. The normalized spacial score (nSPS) is 34.0. The number of rotatable bonds is 8. The molecule has 4 nitrogen and oxygen atoms in total. The lowest BCUT2D eigenvalue weighted by atomic mass is 9.61. The van der Waals surface area contributed by atoms with E-state index in [9.17, 15) is 0 Å². The Morgan fingerprint density at radius 3 is 2.78 bits per heavy atom. The fourth-order valence-corrected chi connectivity index (χ4v) is 8.09. The van der Waals surface area contributed by atoms with Gasteiger partial charge in [-0.3, -0.25) is 0 Å². The molecule has 0 bridgehead atoms. The van der Waals surface area contributed by atoms with E-state index >= 15 is 0 Å². The second-order valence-corrected chi connectivity index (χ2v) is 10.6. The number of piperidine rings is 1. The summed E-state index contributed by atoms with van der Waals surface area (Å²) < 4.78 is 18.5. The van der Waals surface area contributed by atoms with Gasteiger partial charge in [-0.1, -0.05) is 62.0 Å². The lowest BCUT2D eigenvalue weighted by Gasteiger charge is -2.50. The molecule has 174 valence electrons. The van der Waals surface area contributed by atoms with Crippen LogP contribution in [0.25, 0.3) is 0 Å². The van der Waals surface area contributed by atoms with E-state index in [2.05, 4.69) is 48.7 Å². The van der Waals surface area contributed by atoms with Gasteiger partial charge in [-0.25, -0.2) is 0 Å². The fraction of sp³-hybridized carbons (Fsp3) is 0.667. The molecule has 2 spiro atoms. The van der Waals surface area contributed by atoms with Gasteiger partial charge in [0.05, 0.1) is 24.8 Å². The SMILES string of the molecule is C=C[C@H](C)[C@]1(CCCOCc2ccccc2)C(=S)N2CCC3(C[C@@]24CCC[C@@H]14)OCCO3. The quantitative estimate of drug-likeness (QED) is 0.293. The van der Waals surface area contributed by atoms with Gasteiger partial charge in [0, 0.05) is 36.9 Å². The van der Waals surface area contributed by atoms with E-state index in [1.165, 1.54) is 29.8 Å². The molecule has 1 aromatic carbocycles. The first kappa shape index (κ1) is 22.5. The molecule has 0 unspecified atom stereocenters. The minimum absolute atomic E-state index is 0.0200. The molecule has 3 saturated heterocycles. The van der Waals surface area contributed by atoms with Crippen molar-refractivity contribution in [3.05, 3.63) is 48.6 Å². The predicted molar refractivity (Wildman–Crippen MR) is 130 cm³/mol. The maximum atomic E-state index is 6.32. The molecule has 0 radical (unpaired) electrons. The summed E-state index contributed by atoms with van der Waals surface area (Å²) in [6, 6.07) is 10.4. The van der Waals surface area contributed by atoms with Gasteiger partial charge >= 0.3 is 0 Å². The maximum Gasteiger partial charge on any atom is 0.172 e. The number of benzene rings is 1. The van der Waals surface area contributed by atoms with Crippen LogP contribution in [0, 0.1) is 17.3 Å². The van der Waals surface area contributed by atoms with E-state index in [1.54, 1.807) is 0 Å². The number of thiocarbonyl (C=S) groups is 1. The third-order valence-electron chi connectivity index (χ3n) is 8.82. The lowest BCUT2D eigenvalue weighted by Crippen LogP contribution is -2.58. The van der Waals surface area contributed by atoms with Crippen LogP contribution in [-0.2, 0) is 20.8 Å². The number of hydrogen-bond acceptors (Lipinski definition) is 4. The third-order valence-corrected chi connectivity index (χ3v) is 9.42. The first-order valence-electron chi connectivity index (χ1n) is 12.4. The van der Waals surface area contributed by atoms with Crippen molar-refractivity contribution in [1.82, 2.24) is 4.90 Å². The zero-order chi connectivity index (χ0) is 22.2. The van der Waals surface area contributed by atoms with Crippen LogP contribution in [0.5, 0.6) is 0 Å². The number of ether oxygens (including phenoxy) is 3. The first-order valence-corrected chi connectivity index (χ1v) is 12.8. The van der Waals surface area contributed by atoms with Crippen LogP contribution in [0.1, 0.15) is 57.4 Å². The van der Waals surface area contributed by atoms with Crippen molar-refractivity contribution in [2.75, 3.05) is 26.4 Å². The summed E-state index contributed by atoms with van der Waals surface area (Å²) in [6.45, 7) is 10.4. The van der Waals surface area contributed by atoms with Crippen molar-refractivity contribution in [1.29, 1.82) is 0 Å².